The van der Waals surface area contributed by atoms with Crippen LogP contribution in [0.3, 0.4) is 0 Å². The van der Waals surface area contributed by atoms with E-state index in [0.29, 0.717) is 29.0 Å². The fourth-order valence-corrected chi connectivity index (χ4v) is 5.72. The average Bonchev–Trinajstić information content (AvgIpc) is 2.93. The molecule has 4 rings (SSSR count). The van der Waals surface area contributed by atoms with Crippen molar-refractivity contribution in [2.24, 2.45) is 0 Å². The second kappa shape index (κ2) is 10.5. The molecule has 0 amide bonds. The fourth-order valence-electron chi connectivity index (χ4n) is 5.34. The van der Waals surface area contributed by atoms with Crippen LogP contribution in [0.4, 0.5) is 0 Å². The lowest BCUT2D eigenvalue weighted by molar-refractivity contribution is -0.172. The molecule has 1 aliphatic rings. The summed E-state index contributed by atoms with van der Waals surface area (Å²) in [6.07, 6.45) is 6.82. The van der Waals surface area contributed by atoms with Gasteiger partial charge >= 0.3 is 5.97 Å². The number of aromatic nitrogens is 1. The first-order chi connectivity index (χ1) is 17.0. The quantitative estimate of drug-likeness (QED) is 0.269. The van der Waals surface area contributed by atoms with Crippen molar-refractivity contribution in [3.8, 4) is 0 Å². The molecule has 6 heteroatoms. The van der Waals surface area contributed by atoms with Gasteiger partial charge in [-0.3, -0.25) is 14.6 Å². The predicted molar refractivity (Wildman–Crippen MR) is 140 cm³/mol. The van der Waals surface area contributed by atoms with Gasteiger partial charge in [0, 0.05) is 37.0 Å². The first-order valence-corrected chi connectivity index (χ1v) is 12.4. The van der Waals surface area contributed by atoms with Crippen LogP contribution in [-0.4, -0.2) is 28.8 Å². The summed E-state index contributed by atoms with van der Waals surface area (Å²) in [6, 6.07) is 20.5. The number of carbonyl (C=O) groups is 2. The Balaban J connectivity index is 1.96. The van der Waals surface area contributed by atoms with Gasteiger partial charge in [-0.05, 0) is 42.5 Å². The normalized spacial score (nSPS) is 21.7. The van der Waals surface area contributed by atoms with Crippen LogP contribution in [0.1, 0.15) is 66.1 Å². The number of carbonyl (C=O) groups excluding carboxylic acids is 2. The predicted octanol–water partition coefficient (Wildman–Crippen LogP) is 5.52. The van der Waals surface area contributed by atoms with Crippen LogP contribution in [-0.2, 0) is 20.5 Å². The summed E-state index contributed by atoms with van der Waals surface area (Å²) < 4.78 is 6.44. The van der Waals surface area contributed by atoms with Crippen molar-refractivity contribution in [3.05, 3.63) is 101 Å². The molecule has 0 spiro atoms. The summed E-state index contributed by atoms with van der Waals surface area (Å²) in [5, 5.41) is 3.20. The average molecular weight is 487 g/mol. The van der Waals surface area contributed by atoms with Crippen molar-refractivity contribution in [1.82, 2.24) is 10.3 Å². The minimum atomic E-state index is -1.09. The summed E-state index contributed by atoms with van der Waals surface area (Å²) in [4.78, 5) is 31.3. The number of benzene rings is 2. The number of esters is 1. The van der Waals surface area contributed by atoms with Crippen molar-refractivity contribution < 1.29 is 14.3 Å². The molecule has 0 unspecified atom stereocenters. The molecule has 0 bridgehead atoms. The van der Waals surface area contributed by atoms with Crippen LogP contribution in [0.2, 0.25) is 0 Å². The molecule has 5 nitrogen and oxygen atoms in total. The van der Waals surface area contributed by atoms with Gasteiger partial charge in [0.1, 0.15) is 0 Å². The summed E-state index contributed by atoms with van der Waals surface area (Å²) >= 11 is 5.97. The van der Waals surface area contributed by atoms with Crippen molar-refractivity contribution >= 4 is 29.0 Å². The van der Waals surface area contributed by atoms with Gasteiger partial charge < -0.3 is 10.1 Å². The van der Waals surface area contributed by atoms with E-state index < -0.39 is 11.0 Å². The molecule has 2 aromatic carbocycles. The van der Waals surface area contributed by atoms with E-state index in [2.05, 4.69) is 10.3 Å². The van der Waals surface area contributed by atoms with E-state index in [-0.39, 0.29) is 18.2 Å². The Hall–Kier alpha value is -3.38. The van der Waals surface area contributed by atoms with Crippen molar-refractivity contribution in [2.75, 3.05) is 7.05 Å². The number of likely N-dealkylation sites (N-methyl/N-ethyl adjacent to an activating group) is 1. The minimum Gasteiger partial charge on any atom is -0.453 e. The molecule has 0 radical (unpaired) electrons. The Labute approximate surface area is 211 Å². The topological polar surface area (TPSA) is 68.3 Å². The number of ether oxygens (including phenoxy) is 1. The van der Waals surface area contributed by atoms with Crippen LogP contribution < -0.4 is 5.32 Å². The lowest BCUT2D eigenvalue weighted by atomic mass is 9.57. The Morgan fingerprint density at radius 1 is 0.971 bits per heavy atom. The van der Waals surface area contributed by atoms with Gasteiger partial charge in [-0.25, -0.2) is 0 Å². The van der Waals surface area contributed by atoms with Crippen LogP contribution in [0.15, 0.2) is 79.1 Å². The summed E-state index contributed by atoms with van der Waals surface area (Å²) in [5.74, 6) is -0.387. The van der Waals surface area contributed by atoms with E-state index in [9.17, 15) is 9.59 Å². The van der Waals surface area contributed by atoms with Gasteiger partial charge in [0.2, 0.25) is 0 Å². The molecule has 1 aliphatic carbocycles. The molecule has 1 N–H and O–H groups in total. The zero-order chi connectivity index (χ0) is 24.9. The molecule has 1 heterocycles. The number of nitrogens with one attached hydrogen (secondary N) is 1. The second-order valence-electron chi connectivity index (χ2n) is 8.86. The lowest BCUT2D eigenvalue weighted by Gasteiger charge is -2.53. The maximum atomic E-state index is 13.3. The highest BCUT2D eigenvalue weighted by atomic mass is 32.1. The molecule has 1 aromatic heterocycles. The van der Waals surface area contributed by atoms with E-state index in [1.165, 1.54) is 0 Å². The van der Waals surface area contributed by atoms with E-state index in [4.69, 9.17) is 17.0 Å². The van der Waals surface area contributed by atoms with Crippen LogP contribution >= 0.6 is 12.2 Å². The Morgan fingerprint density at radius 2 is 1.69 bits per heavy atom. The van der Waals surface area contributed by atoms with E-state index >= 15 is 0 Å². The third kappa shape index (κ3) is 4.39. The van der Waals surface area contributed by atoms with Crippen molar-refractivity contribution in [1.29, 1.82) is 0 Å². The van der Waals surface area contributed by atoms with Gasteiger partial charge in [0.05, 0.1) is 10.4 Å². The monoisotopic (exact) mass is 486 g/mol. The van der Waals surface area contributed by atoms with Crippen molar-refractivity contribution in [3.63, 3.8) is 0 Å². The number of hydrogen-bond donors (Lipinski definition) is 1. The summed E-state index contributed by atoms with van der Waals surface area (Å²) in [5.41, 5.74) is 0.890. The number of thiocarbonyl (C=S) groups is 1. The number of nitrogens with zero attached hydrogens (tertiary/aromatic N) is 1. The first kappa shape index (κ1) is 24.7. The van der Waals surface area contributed by atoms with E-state index in [0.717, 1.165) is 24.0 Å². The second-order valence-corrected chi connectivity index (χ2v) is 9.27. The number of hydrogen-bond acceptors (Lipinski definition) is 5. The number of pyridine rings is 1. The van der Waals surface area contributed by atoms with Gasteiger partial charge in [0.15, 0.2) is 11.4 Å². The van der Waals surface area contributed by atoms with E-state index in [1.54, 1.807) is 38.4 Å². The third-order valence-electron chi connectivity index (χ3n) is 6.99. The maximum Gasteiger partial charge on any atom is 0.306 e. The zero-order valence-corrected chi connectivity index (χ0v) is 20.9. The Kier molecular flexibility index (Phi) is 7.41. The highest BCUT2D eigenvalue weighted by Crippen LogP contribution is 2.55. The minimum absolute atomic E-state index is 0.0802. The molecule has 3 aromatic rings. The molecule has 2 atom stereocenters. The summed E-state index contributed by atoms with van der Waals surface area (Å²) in [7, 11) is 1.80. The molecule has 1 fully saturated rings. The van der Waals surface area contributed by atoms with Crippen LogP contribution in [0.25, 0.3) is 0 Å². The van der Waals surface area contributed by atoms with Gasteiger partial charge in [-0.15, -0.1) is 0 Å². The van der Waals surface area contributed by atoms with Gasteiger partial charge in [-0.2, -0.15) is 0 Å². The highest BCUT2D eigenvalue weighted by molar-refractivity contribution is 7.80. The standard InChI is InChI=1S/C29H30N2O3S/c1-3-25(32)34-29(23-14-9-13-22(19-23)26(33)21-11-5-4-6-12-21)17-8-7-16-28(29,27(35)30-2)24-15-10-18-31-20-24/h4-6,9-15,18-20H,3,7-8,16-17H2,1-2H3,(H,30,35)/t28-,29+/m1/s1. The lowest BCUT2D eigenvalue weighted by Crippen LogP contribution is -2.60. The molecule has 35 heavy (non-hydrogen) atoms. The first-order valence-electron chi connectivity index (χ1n) is 12.0. The van der Waals surface area contributed by atoms with Gasteiger partial charge in [0.25, 0.3) is 0 Å². The molecular weight excluding hydrogens is 456 g/mol. The molecular formula is C29H30N2O3S. The molecule has 1 saturated carbocycles. The number of ketones is 1. The van der Waals surface area contributed by atoms with Crippen LogP contribution in [0.5, 0.6) is 0 Å². The van der Waals surface area contributed by atoms with E-state index in [1.807, 2.05) is 54.7 Å². The maximum absolute atomic E-state index is 13.3. The Morgan fingerprint density at radius 3 is 2.37 bits per heavy atom. The summed E-state index contributed by atoms with van der Waals surface area (Å²) in [6.45, 7) is 1.79. The smallest absolute Gasteiger partial charge is 0.306 e. The molecule has 0 aliphatic heterocycles. The van der Waals surface area contributed by atoms with Crippen LogP contribution in [0, 0.1) is 0 Å². The Bertz CT molecular complexity index is 1210. The number of rotatable bonds is 7. The SMILES string of the molecule is CCC(=O)O[C@]1(c2cccc(C(=O)c3ccccc3)c2)CCCC[C@]1(C(=S)NC)c1cccnc1. The van der Waals surface area contributed by atoms with Gasteiger partial charge in [-0.1, -0.05) is 80.2 Å². The molecule has 180 valence electrons. The largest absolute Gasteiger partial charge is 0.453 e. The van der Waals surface area contributed by atoms with Crippen molar-refractivity contribution in [2.45, 2.75) is 50.0 Å². The zero-order valence-electron chi connectivity index (χ0n) is 20.1. The molecule has 0 saturated heterocycles. The fraction of sp³-hybridized carbons (Fsp3) is 0.310. The highest BCUT2D eigenvalue weighted by Gasteiger charge is 2.60. The third-order valence-corrected chi connectivity index (χ3v) is 7.55.